The van der Waals surface area contributed by atoms with E-state index in [1.54, 1.807) is 0 Å². The minimum absolute atomic E-state index is 0.0125. The third-order valence-corrected chi connectivity index (χ3v) is 7.38. The topological polar surface area (TPSA) is 68.3 Å². The van der Waals surface area contributed by atoms with Crippen molar-refractivity contribution in [3.63, 3.8) is 0 Å². The van der Waals surface area contributed by atoms with Crippen molar-refractivity contribution in [2.75, 3.05) is 7.11 Å². The highest BCUT2D eigenvalue weighted by Gasteiger charge is 2.61. The summed E-state index contributed by atoms with van der Waals surface area (Å²) in [6, 6.07) is 15.7. The lowest BCUT2D eigenvalue weighted by atomic mass is 9.69. The summed E-state index contributed by atoms with van der Waals surface area (Å²) in [5.74, 6) is 0.0656. The number of methoxy groups -OCH3 is 1. The molecule has 2 bridgehead atoms. The molecule has 1 aromatic heterocycles. The number of esters is 1. The van der Waals surface area contributed by atoms with Gasteiger partial charge in [-0.05, 0) is 55.9 Å². The van der Waals surface area contributed by atoms with Crippen LogP contribution in [-0.4, -0.2) is 30.0 Å². The molecule has 5 nitrogen and oxygen atoms in total. The van der Waals surface area contributed by atoms with Gasteiger partial charge in [0.05, 0.1) is 29.3 Å². The largest absolute Gasteiger partial charge is 0.469 e. The number of benzene rings is 2. The molecule has 3 fully saturated rings. The molecule has 1 N–H and O–H groups in total. The van der Waals surface area contributed by atoms with Gasteiger partial charge in [0.2, 0.25) is 0 Å². The molecule has 6 rings (SSSR count). The summed E-state index contributed by atoms with van der Waals surface area (Å²) in [5.41, 5.74) is 3.64. The Hall–Kier alpha value is -2.73. The summed E-state index contributed by atoms with van der Waals surface area (Å²) in [6.07, 6.45) is 2.23. The van der Waals surface area contributed by atoms with Gasteiger partial charge in [-0.3, -0.25) is 9.59 Å². The number of ether oxygens (including phenoxy) is 1. The highest BCUT2D eigenvalue weighted by atomic mass is 79.9. The Labute approximate surface area is 189 Å². The molecular formula is C25H23BrN2O3. The molecule has 31 heavy (non-hydrogen) atoms. The van der Waals surface area contributed by atoms with Crippen molar-refractivity contribution in [1.29, 1.82) is 0 Å². The standard InChI is InChI=1S/C25H23BrN2O3/c1-14-21(23(29)28-20-13-25(24(30)31-2)11-16(20)12-25)18-10-17(26)8-9-19(18)27-22(14)15-6-4-3-5-7-15/h3-10,16,20H,11-13H2,1-2H3,(H,28,29)/t16?,20-,25?/m0/s1. The molecule has 3 saturated carbocycles. The Bertz CT molecular complexity index is 1200. The first kappa shape index (κ1) is 20.2. The molecule has 0 radical (unpaired) electrons. The molecule has 0 saturated heterocycles. The summed E-state index contributed by atoms with van der Waals surface area (Å²) in [7, 11) is 1.44. The summed E-state index contributed by atoms with van der Waals surface area (Å²) in [5, 5.41) is 4.05. The summed E-state index contributed by atoms with van der Waals surface area (Å²) in [4.78, 5) is 30.6. The third-order valence-electron chi connectivity index (χ3n) is 6.89. The predicted octanol–water partition coefficient (Wildman–Crippen LogP) is 5.04. The maximum absolute atomic E-state index is 13.6. The molecule has 0 spiro atoms. The maximum atomic E-state index is 13.6. The second-order valence-electron chi connectivity index (χ2n) is 8.71. The minimum atomic E-state index is -0.412. The lowest BCUT2D eigenvalue weighted by Gasteiger charge is -2.35. The second kappa shape index (κ2) is 7.45. The molecule has 3 aliphatic carbocycles. The molecular weight excluding hydrogens is 456 g/mol. The van der Waals surface area contributed by atoms with E-state index in [9.17, 15) is 9.59 Å². The van der Waals surface area contributed by atoms with Crippen molar-refractivity contribution < 1.29 is 14.3 Å². The normalized spacial score (nSPS) is 24.0. The van der Waals surface area contributed by atoms with E-state index < -0.39 is 5.41 Å². The molecule has 1 heterocycles. The van der Waals surface area contributed by atoms with Gasteiger partial charge in [0, 0.05) is 21.5 Å². The Morgan fingerprint density at radius 2 is 1.87 bits per heavy atom. The van der Waals surface area contributed by atoms with Gasteiger partial charge < -0.3 is 10.1 Å². The molecule has 158 valence electrons. The van der Waals surface area contributed by atoms with Crippen LogP contribution in [0.25, 0.3) is 22.2 Å². The van der Waals surface area contributed by atoms with Crippen molar-refractivity contribution in [2.45, 2.75) is 32.2 Å². The van der Waals surface area contributed by atoms with Gasteiger partial charge >= 0.3 is 5.97 Å². The quantitative estimate of drug-likeness (QED) is 0.533. The van der Waals surface area contributed by atoms with Gasteiger partial charge in [-0.1, -0.05) is 46.3 Å². The zero-order chi connectivity index (χ0) is 21.8. The van der Waals surface area contributed by atoms with Crippen LogP contribution in [0.2, 0.25) is 0 Å². The van der Waals surface area contributed by atoms with Crippen LogP contribution in [0.1, 0.15) is 35.2 Å². The van der Waals surface area contributed by atoms with Gasteiger partial charge in [0.1, 0.15) is 0 Å². The highest BCUT2D eigenvalue weighted by molar-refractivity contribution is 9.10. The molecule has 0 unspecified atom stereocenters. The number of carbonyl (C=O) groups is 2. The van der Waals surface area contributed by atoms with Crippen molar-refractivity contribution in [3.8, 4) is 11.3 Å². The number of fused-ring (bicyclic) bond motifs is 2. The molecule has 0 aliphatic heterocycles. The molecule has 6 heteroatoms. The van der Waals surface area contributed by atoms with E-state index in [0.29, 0.717) is 17.9 Å². The van der Waals surface area contributed by atoms with E-state index in [0.717, 1.165) is 45.0 Å². The summed E-state index contributed by atoms with van der Waals surface area (Å²) >= 11 is 3.53. The van der Waals surface area contributed by atoms with Crippen LogP contribution in [0.3, 0.4) is 0 Å². The average Bonchev–Trinajstić information content (AvgIpc) is 3.28. The highest BCUT2D eigenvalue weighted by Crippen LogP contribution is 2.59. The fourth-order valence-electron chi connectivity index (χ4n) is 5.36. The van der Waals surface area contributed by atoms with Gasteiger partial charge in [-0.15, -0.1) is 0 Å². The second-order valence-corrected chi connectivity index (χ2v) is 9.63. The van der Waals surface area contributed by atoms with Crippen LogP contribution in [0.5, 0.6) is 0 Å². The lowest BCUT2D eigenvalue weighted by Crippen LogP contribution is -2.39. The number of nitrogens with zero attached hydrogens (tertiary/aromatic N) is 1. The minimum Gasteiger partial charge on any atom is -0.469 e. The Morgan fingerprint density at radius 3 is 2.58 bits per heavy atom. The number of carbonyl (C=O) groups excluding carboxylic acids is 2. The molecule has 1 atom stereocenters. The van der Waals surface area contributed by atoms with Crippen LogP contribution in [0.15, 0.2) is 53.0 Å². The maximum Gasteiger partial charge on any atom is 0.311 e. The summed E-state index contributed by atoms with van der Waals surface area (Å²) < 4.78 is 5.90. The van der Waals surface area contributed by atoms with Crippen molar-refractivity contribution in [1.82, 2.24) is 10.3 Å². The predicted molar refractivity (Wildman–Crippen MR) is 123 cm³/mol. The van der Waals surface area contributed by atoms with E-state index in [1.165, 1.54) is 7.11 Å². The van der Waals surface area contributed by atoms with Gasteiger partial charge in [-0.2, -0.15) is 0 Å². The first-order valence-corrected chi connectivity index (χ1v) is 11.3. The number of amides is 1. The third kappa shape index (κ3) is 3.24. The lowest BCUT2D eigenvalue weighted by molar-refractivity contribution is -0.157. The fourth-order valence-corrected chi connectivity index (χ4v) is 5.72. The number of pyridine rings is 1. The monoisotopic (exact) mass is 478 g/mol. The van der Waals surface area contributed by atoms with E-state index in [-0.39, 0.29) is 17.9 Å². The SMILES string of the molecule is COC(=O)C12CC(C1)[C@@H](NC(=O)c1c(C)c(-c3ccccc3)nc3ccc(Br)cc13)C2. The van der Waals surface area contributed by atoms with Crippen molar-refractivity contribution >= 4 is 38.7 Å². The van der Waals surface area contributed by atoms with Crippen LogP contribution in [0, 0.1) is 18.3 Å². The first-order chi connectivity index (χ1) is 14.9. The van der Waals surface area contributed by atoms with Crippen LogP contribution in [0.4, 0.5) is 0 Å². The van der Waals surface area contributed by atoms with E-state index in [1.807, 2.05) is 55.5 Å². The summed E-state index contributed by atoms with van der Waals surface area (Å²) in [6.45, 7) is 1.95. The van der Waals surface area contributed by atoms with Crippen LogP contribution < -0.4 is 5.32 Å². The number of hydrogen-bond donors (Lipinski definition) is 1. The Balaban J connectivity index is 1.54. The Morgan fingerprint density at radius 1 is 1.13 bits per heavy atom. The van der Waals surface area contributed by atoms with Crippen molar-refractivity contribution in [3.05, 3.63) is 64.1 Å². The van der Waals surface area contributed by atoms with Gasteiger partial charge in [-0.25, -0.2) is 4.98 Å². The van der Waals surface area contributed by atoms with E-state index >= 15 is 0 Å². The Kier molecular flexibility index (Phi) is 4.85. The molecule has 3 aromatic rings. The van der Waals surface area contributed by atoms with E-state index in [4.69, 9.17) is 9.72 Å². The number of aromatic nitrogens is 1. The fraction of sp³-hybridized carbons (Fsp3) is 0.320. The first-order valence-electron chi connectivity index (χ1n) is 10.5. The van der Waals surface area contributed by atoms with Gasteiger partial charge in [0.25, 0.3) is 5.91 Å². The number of nitrogens with one attached hydrogen (secondary N) is 1. The van der Waals surface area contributed by atoms with Crippen LogP contribution >= 0.6 is 15.9 Å². The number of halogens is 1. The number of rotatable bonds is 4. The zero-order valence-corrected chi connectivity index (χ0v) is 19.0. The molecule has 3 aliphatic rings. The average molecular weight is 479 g/mol. The zero-order valence-electron chi connectivity index (χ0n) is 17.4. The number of hydrogen-bond acceptors (Lipinski definition) is 4. The van der Waals surface area contributed by atoms with Crippen LogP contribution in [-0.2, 0) is 9.53 Å². The molecule has 1 amide bonds. The smallest absolute Gasteiger partial charge is 0.311 e. The van der Waals surface area contributed by atoms with E-state index in [2.05, 4.69) is 21.2 Å². The van der Waals surface area contributed by atoms with Gasteiger partial charge in [0.15, 0.2) is 0 Å². The molecule has 2 aromatic carbocycles. The van der Waals surface area contributed by atoms with Crippen molar-refractivity contribution in [2.24, 2.45) is 11.3 Å².